The minimum absolute atomic E-state index is 0.919. The van der Waals surface area contributed by atoms with E-state index in [-0.39, 0.29) is 0 Å². The second kappa shape index (κ2) is 10.1. The predicted octanol–water partition coefficient (Wildman–Crippen LogP) is 11.5. The number of furan rings is 1. The molecule has 0 aliphatic carbocycles. The van der Waals surface area contributed by atoms with Crippen LogP contribution in [0.5, 0.6) is 0 Å². The lowest BCUT2D eigenvalue weighted by atomic mass is 9.99. The first kappa shape index (κ1) is 24.2. The lowest BCUT2D eigenvalue weighted by Gasteiger charge is -2.26. The number of rotatable bonds is 5. The van der Waals surface area contributed by atoms with Gasteiger partial charge in [0.15, 0.2) is 0 Å². The summed E-state index contributed by atoms with van der Waals surface area (Å²) in [5.41, 5.74) is 9.99. The topological polar surface area (TPSA) is 16.4 Å². The minimum atomic E-state index is 0.919. The summed E-state index contributed by atoms with van der Waals surface area (Å²) in [6, 6.07) is 58.0. The first-order chi connectivity index (χ1) is 20.8. The van der Waals surface area contributed by atoms with E-state index < -0.39 is 0 Å². The van der Waals surface area contributed by atoms with Gasteiger partial charge in [0.05, 0.1) is 0 Å². The van der Waals surface area contributed by atoms with Crippen LogP contribution in [0.15, 0.2) is 168 Å². The van der Waals surface area contributed by atoms with E-state index in [1.54, 1.807) is 0 Å². The van der Waals surface area contributed by atoms with Crippen molar-refractivity contribution in [3.8, 4) is 22.3 Å². The van der Waals surface area contributed by atoms with E-state index in [2.05, 4.69) is 157 Å². The number of anilines is 3. The molecule has 0 saturated heterocycles. The van der Waals surface area contributed by atoms with Gasteiger partial charge in [0.2, 0.25) is 0 Å². The Balaban J connectivity index is 1.23. The predicted molar refractivity (Wildman–Crippen MR) is 177 cm³/mol. The molecule has 1 heterocycles. The molecule has 0 saturated carbocycles. The molecule has 8 aromatic rings. The number of hydrogen-bond donors (Lipinski definition) is 0. The number of fused-ring (bicyclic) bond motifs is 5. The van der Waals surface area contributed by atoms with E-state index in [4.69, 9.17) is 4.42 Å². The molecule has 0 bridgehead atoms. The maximum atomic E-state index is 6.15. The van der Waals surface area contributed by atoms with Crippen LogP contribution < -0.4 is 4.90 Å². The van der Waals surface area contributed by atoms with Crippen molar-refractivity contribution >= 4 is 49.8 Å². The van der Waals surface area contributed by atoms with Gasteiger partial charge in [-0.15, -0.1) is 0 Å². The van der Waals surface area contributed by atoms with Crippen LogP contribution >= 0.6 is 0 Å². The molecule has 2 heteroatoms. The quantitative estimate of drug-likeness (QED) is 0.217. The van der Waals surface area contributed by atoms with Crippen LogP contribution in [-0.4, -0.2) is 0 Å². The van der Waals surface area contributed by atoms with Crippen LogP contribution in [0.2, 0.25) is 0 Å². The molecule has 0 radical (unpaired) electrons. The second-order valence-electron chi connectivity index (χ2n) is 10.6. The summed E-state index contributed by atoms with van der Waals surface area (Å²) in [6.45, 7) is 0. The molecule has 7 aromatic carbocycles. The zero-order valence-corrected chi connectivity index (χ0v) is 22.9. The number of para-hydroxylation sites is 2. The molecule has 0 fully saturated rings. The summed E-state index contributed by atoms with van der Waals surface area (Å²) >= 11 is 0. The summed E-state index contributed by atoms with van der Waals surface area (Å²) < 4.78 is 6.15. The fraction of sp³-hybridized carbons (Fsp3) is 0. The van der Waals surface area contributed by atoms with Gasteiger partial charge in [0, 0.05) is 27.8 Å². The molecular formula is C40H27NO. The van der Waals surface area contributed by atoms with Crippen molar-refractivity contribution < 1.29 is 4.42 Å². The van der Waals surface area contributed by atoms with Crippen molar-refractivity contribution in [2.75, 3.05) is 4.90 Å². The van der Waals surface area contributed by atoms with E-state index in [0.29, 0.717) is 0 Å². The SMILES string of the molecule is c1ccc(-c2ccc(-c3cccc(N(c4ccccc4)c4ccc5c(ccc6oc7ccccc7c65)c4)c3)cc2)cc1. The lowest BCUT2D eigenvalue weighted by molar-refractivity contribution is 0.669. The highest BCUT2D eigenvalue weighted by atomic mass is 16.3. The molecule has 0 amide bonds. The van der Waals surface area contributed by atoms with E-state index in [1.165, 1.54) is 38.4 Å². The fourth-order valence-electron chi connectivity index (χ4n) is 6.01. The molecule has 0 atom stereocenters. The van der Waals surface area contributed by atoms with Crippen LogP contribution in [0, 0.1) is 0 Å². The molecule has 0 unspecified atom stereocenters. The van der Waals surface area contributed by atoms with Crippen LogP contribution in [0.4, 0.5) is 17.1 Å². The average Bonchev–Trinajstić information content (AvgIpc) is 3.45. The lowest BCUT2D eigenvalue weighted by Crippen LogP contribution is -2.09. The Bertz CT molecular complexity index is 2180. The van der Waals surface area contributed by atoms with Gasteiger partial charge >= 0.3 is 0 Å². The third kappa shape index (κ3) is 4.22. The van der Waals surface area contributed by atoms with Gasteiger partial charge < -0.3 is 9.32 Å². The van der Waals surface area contributed by atoms with Crippen LogP contribution in [0.25, 0.3) is 55.0 Å². The third-order valence-corrected chi connectivity index (χ3v) is 8.04. The Labute approximate surface area is 244 Å². The molecule has 0 aliphatic heterocycles. The highest BCUT2D eigenvalue weighted by molar-refractivity contribution is 6.19. The zero-order valence-electron chi connectivity index (χ0n) is 22.9. The van der Waals surface area contributed by atoms with E-state index in [1.807, 2.05) is 12.1 Å². The van der Waals surface area contributed by atoms with Crippen molar-refractivity contribution in [3.63, 3.8) is 0 Å². The summed E-state index contributed by atoms with van der Waals surface area (Å²) in [4.78, 5) is 2.33. The maximum absolute atomic E-state index is 6.15. The minimum Gasteiger partial charge on any atom is -0.456 e. The average molecular weight is 538 g/mol. The van der Waals surface area contributed by atoms with E-state index in [0.717, 1.165) is 33.6 Å². The largest absolute Gasteiger partial charge is 0.456 e. The Hall–Kier alpha value is -5.60. The normalized spacial score (nSPS) is 11.3. The molecule has 0 spiro atoms. The first-order valence-electron chi connectivity index (χ1n) is 14.3. The van der Waals surface area contributed by atoms with Crippen LogP contribution in [0.1, 0.15) is 0 Å². The monoisotopic (exact) mass is 537 g/mol. The van der Waals surface area contributed by atoms with Crippen molar-refractivity contribution in [1.29, 1.82) is 0 Å². The summed E-state index contributed by atoms with van der Waals surface area (Å²) in [5, 5.41) is 4.69. The van der Waals surface area contributed by atoms with Crippen LogP contribution in [-0.2, 0) is 0 Å². The van der Waals surface area contributed by atoms with Gasteiger partial charge in [-0.25, -0.2) is 0 Å². The Morgan fingerprint density at radius 3 is 1.79 bits per heavy atom. The van der Waals surface area contributed by atoms with E-state index >= 15 is 0 Å². The fourth-order valence-corrected chi connectivity index (χ4v) is 6.01. The molecule has 42 heavy (non-hydrogen) atoms. The van der Waals surface area contributed by atoms with Gasteiger partial charge in [-0.05, 0) is 81.6 Å². The van der Waals surface area contributed by atoms with Gasteiger partial charge in [0.25, 0.3) is 0 Å². The maximum Gasteiger partial charge on any atom is 0.136 e. The highest BCUT2D eigenvalue weighted by Gasteiger charge is 2.16. The highest BCUT2D eigenvalue weighted by Crippen LogP contribution is 2.40. The molecule has 1 aromatic heterocycles. The molecule has 0 aliphatic rings. The van der Waals surface area contributed by atoms with Gasteiger partial charge in [-0.3, -0.25) is 0 Å². The smallest absolute Gasteiger partial charge is 0.136 e. The molecule has 0 N–H and O–H groups in total. The Morgan fingerprint density at radius 2 is 0.976 bits per heavy atom. The number of benzene rings is 7. The van der Waals surface area contributed by atoms with Crippen molar-refractivity contribution in [1.82, 2.24) is 0 Å². The van der Waals surface area contributed by atoms with Gasteiger partial charge in [-0.2, -0.15) is 0 Å². The molecule has 8 rings (SSSR count). The summed E-state index contributed by atoms with van der Waals surface area (Å²) in [6.07, 6.45) is 0. The van der Waals surface area contributed by atoms with E-state index in [9.17, 15) is 0 Å². The zero-order chi connectivity index (χ0) is 27.9. The molecular weight excluding hydrogens is 510 g/mol. The standard InChI is InChI=1S/C40H27NO/c1-3-10-28(11-4-1)29-18-20-30(21-19-29)31-12-9-15-34(26-31)41(33-13-5-2-6-14-33)35-23-24-36-32(27-35)22-25-39-40(36)37-16-7-8-17-38(37)42-39/h1-27H. The number of hydrogen-bond acceptors (Lipinski definition) is 2. The Kier molecular flexibility index (Phi) is 5.82. The first-order valence-corrected chi connectivity index (χ1v) is 14.3. The second-order valence-corrected chi connectivity index (χ2v) is 10.6. The molecule has 2 nitrogen and oxygen atoms in total. The third-order valence-electron chi connectivity index (χ3n) is 8.04. The van der Waals surface area contributed by atoms with Crippen LogP contribution in [0.3, 0.4) is 0 Å². The van der Waals surface area contributed by atoms with Crippen molar-refractivity contribution in [2.24, 2.45) is 0 Å². The summed E-state index contributed by atoms with van der Waals surface area (Å²) in [7, 11) is 0. The number of nitrogens with zero attached hydrogens (tertiary/aromatic N) is 1. The van der Waals surface area contributed by atoms with Crippen molar-refractivity contribution in [3.05, 3.63) is 164 Å². The molecule has 198 valence electrons. The van der Waals surface area contributed by atoms with Gasteiger partial charge in [0.1, 0.15) is 11.2 Å². The Morgan fingerprint density at radius 1 is 0.357 bits per heavy atom. The van der Waals surface area contributed by atoms with Gasteiger partial charge in [-0.1, -0.05) is 115 Å². The summed E-state index contributed by atoms with van der Waals surface area (Å²) in [5.74, 6) is 0. The van der Waals surface area contributed by atoms with Crippen molar-refractivity contribution in [2.45, 2.75) is 0 Å².